The van der Waals surface area contributed by atoms with Gasteiger partial charge in [0.1, 0.15) is 5.82 Å². The molecule has 17 heavy (non-hydrogen) atoms. The van der Waals surface area contributed by atoms with E-state index in [1.165, 1.54) is 0 Å². The molecule has 6 nitrogen and oxygen atoms in total. The molecule has 0 atom stereocenters. The maximum atomic E-state index is 11.5. The molecule has 2 rings (SSSR count). The molecule has 1 aromatic rings. The fourth-order valence-electron chi connectivity index (χ4n) is 2.19. The number of sulfone groups is 1. The molecule has 0 unspecified atom stereocenters. The number of hydrogen-bond donors (Lipinski definition) is 1. The first-order valence-corrected chi connectivity index (χ1v) is 7.47. The minimum Gasteiger partial charge on any atom is -0.394 e. The lowest BCUT2D eigenvalue weighted by Crippen LogP contribution is -2.29. The number of rotatable bonds is 1. The van der Waals surface area contributed by atoms with Gasteiger partial charge in [-0.3, -0.25) is 4.68 Å². The van der Waals surface area contributed by atoms with Crippen molar-refractivity contribution in [2.24, 2.45) is 7.05 Å². The second-order valence-corrected chi connectivity index (χ2v) is 6.74. The van der Waals surface area contributed by atoms with Crippen molar-refractivity contribution in [3.05, 3.63) is 5.69 Å². The van der Waals surface area contributed by atoms with Crippen LogP contribution >= 0.6 is 0 Å². The van der Waals surface area contributed by atoms with E-state index in [1.807, 2.05) is 18.9 Å². The monoisotopic (exact) mass is 258 g/mol. The molecule has 1 saturated heterocycles. The van der Waals surface area contributed by atoms with Crippen LogP contribution in [0, 0.1) is 6.92 Å². The molecule has 0 aliphatic carbocycles. The second kappa shape index (κ2) is 4.21. The highest BCUT2D eigenvalue weighted by atomic mass is 32.2. The minimum absolute atomic E-state index is 0.191. The normalized spacial score (nSPS) is 20.2. The standard InChI is InChI=1S/C10H18N4O2S/c1-8-9(11)10(13(2)12-8)14-4-3-6-17(15,16)7-5-14/h3-7,11H2,1-2H3. The van der Waals surface area contributed by atoms with Gasteiger partial charge in [-0.15, -0.1) is 0 Å². The summed E-state index contributed by atoms with van der Waals surface area (Å²) in [5.74, 6) is 1.29. The zero-order valence-corrected chi connectivity index (χ0v) is 11.0. The zero-order chi connectivity index (χ0) is 12.6. The molecule has 0 amide bonds. The van der Waals surface area contributed by atoms with Crippen LogP contribution in [0.25, 0.3) is 0 Å². The fraction of sp³-hybridized carbons (Fsp3) is 0.700. The third kappa shape index (κ3) is 2.38. The van der Waals surface area contributed by atoms with Gasteiger partial charge in [-0.1, -0.05) is 0 Å². The van der Waals surface area contributed by atoms with E-state index in [0.717, 1.165) is 11.5 Å². The van der Waals surface area contributed by atoms with Crippen molar-refractivity contribution >= 4 is 21.3 Å². The Hall–Kier alpha value is -1.24. The van der Waals surface area contributed by atoms with E-state index in [4.69, 9.17) is 5.73 Å². The van der Waals surface area contributed by atoms with Crippen LogP contribution in [0.15, 0.2) is 0 Å². The third-order valence-electron chi connectivity index (χ3n) is 3.09. The molecule has 0 radical (unpaired) electrons. The van der Waals surface area contributed by atoms with Crippen molar-refractivity contribution in [2.75, 3.05) is 35.2 Å². The van der Waals surface area contributed by atoms with Crippen LogP contribution in [-0.4, -0.2) is 42.8 Å². The van der Waals surface area contributed by atoms with Gasteiger partial charge in [0.2, 0.25) is 0 Å². The lowest BCUT2D eigenvalue weighted by Gasteiger charge is -2.22. The largest absolute Gasteiger partial charge is 0.394 e. The first-order chi connectivity index (χ1) is 7.91. The van der Waals surface area contributed by atoms with Gasteiger partial charge in [0, 0.05) is 20.1 Å². The molecule has 2 heterocycles. The highest BCUT2D eigenvalue weighted by Gasteiger charge is 2.23. The average molecular weight is 258 g/mol. The van der Waals surface area contributed by atoms with Crippen molar-refractivity contribution in [3.63, 3.8) is 0 Å². The van der Waals surface area contributed by atoms with Crippen molar-refractivity contribution < 1.29 is 8.42 Å². The molecule has 96 valence electrons. The van der Waals surface area contributed by atoms with Crippen LogP contribution in [0.3, 0.4) is 0 Å². The first-order valence-electron chi connectivity index (χ1n) is 5.65. The van der Waals surface area contributed by atoms with Gasteiger partial charge in [0.05, 0.1) is 22.9 Å². The van der Waals surface area contributed by atoms with Crippen molar-refractivity contribution in [3.8, 4) is 0 Å². The molecule has 1 fully saturated rings. The van der Waals surface area contributed by atoms with Gasteiger partial charge in [0.15, 0.2) is 9.84 Å². The molecule has 0 bridgehead atoms. The molecule has 7 heteroatoms. The zero-order valence-electron chi connectivity index (χ0n) is 10.2. The quantitative estimate of drug-likeness (QED) is 0.763. The Balaban J connectivity index is 2.29. The molecular weight excluding hydrogens is 240 g/mol. The van der Waals surface area contributed by atoms with Crippen molar-refractivity contribution in [2.45, 2.75) is 13.3 Å². The number of aromatic nitrogens is 2. The average Bonchev–Trinajstić information content (AvgIpc) is 2.40. The Morgan fingerprint density at radius 3 is 2.59 bits per heavy atom. The highest BCUT2D eigenvalue weighted by Crippen LogP contribution is 2.26. The number of nitrogens with two attached hydrogens (primary N) is 1. The van der Waals surface area contributed by atoms with Gasteiger partial charge in [-0.05, 0) is 13.3 Å². The molecule has 0 saturated carbocycles. The van der Waals surface area contributed by atoms with Crippen LogP contribution in [0.2, 0.25) is 0 Å². The van der Waals surface area contributed by atoms with E-state index >= 15 is 0 Å². The van der Waals surface area contributed by atoms with Gasteiger partial charge < -0.3 is 10.6 Å². The molecule has 1 aliphatic rings. The summed E-state index contributed by atoms with van der Waals surface area (Å²) in [4.78, 5) is 2.01. The summed E-state index contributed by atoms with van der Waals surface area (Å²) in [5, 5.41) is 4.25. The molecule has 2 N–H and O–H groups in total. The summed E-state index contributed by atoms with van der Waals surface area (Å²) in [6.45, 7) is 3.06. The van der Waals surface area contributed by atoms with E-state index in [0.29, 0.717) is 25.2 Å². The number of aryl methyl sites for hydroxylation is 2. The summed E-state index contributed by atoms with van der Waals surface area (Å²) in [5.41, 5.74) is 7.41. The van der Waals surface area contributed by atoms with Crippen LogP contribution in [0.4, 0.5) is 11.5 Å². The topological polar surface area (TPSA) is 81.2 Å². The van der Waals surface area contributed by atoms with Crippen LogP contribution in [0.5, 0.6) is 0 Å². The van der Waals surface area contributed by atoms with E-state index in [9.17, 15) is 8.42 Å². The van der Waals surface area contributed by atoms with Crippen molar-refractivity contribution in [1.29, 1.82) is 0 Å². The minimum atomic E-state index is -2.89. The van der Waals surface area contributed by atoms with E-state index < -0.39 is 9.84 Å². The molecule has 0 spiro atoms. The van der Waals surface area contributed by atoms with E-state index in [1.54, 1.807) is 4.68 Å². The van der Waals surface area contributed by atoms with E-state index in [-0.39, 0.29) is 11.5 Å². The molecular formula is C10H18N4O2S. The lowest BCUT2D eigenvalue weighted by molar-refractivity contribution is 0.597. The summed E-state index contributed by atoms with van der Waals surface area (Å²) in [7, 11) is -1.06. The van der Waals surface area contributed by atoms with Gasteiger partial charge in [0.25, 0.3) is 0 Å². The fourth-order valence-corrected chi connectivity index (χ4v) is 3.46. The third-order valence-corrected chi connectivity index (χ3v) is 4.81. The van der Waals surface area contributed by atoms with Gasteiger partial charge in [-0.2, -0.15) is 5.10 Å². The predicted octanol–water partition coefficient (Wildman–Crippen LogP) is -0.0644. The van der Waals surface area contributed by atoms with Crippen LogP contribution in [0.1, 0.15) is 12.1 Å². The van der Waals surface area contributed by atoms with Crippen LogP contribution in [-0.2, 0) is 16.9 Å². The lowest BCUT2D eigenvalue weighted by atomic mass is 10.3. The number of hydrogen-bond acceptors (Lipinski definition) is 5. The number of nitrogens with zero attached hydrogens (tertiary/aromatic N) is 3. The molecule has 1 aliphatic heterocycles. The summed E-state index contributed by atoms with van der Waals surface area (Å²) < 4.78 is 24.8. The first kappa shape index (κ1) is 12.2. The predicted molar refractivity (Wildman–Crippen MR) is 67.8 cm³/mol. The number of nitrogen functional groups attached to an aromatic ring is 1. The second-order valence-electron chi connectivity index (χ2n) is 4.44. The Labute approximate surface area is 101 Å². The van der Waals surface area contributed by atoms with Crippen LogP contribution < -0.4 is 10.6 Å². The van der Waals surface area contributed by atoms with E-state index in [2.05, 4.69) is 5.10 Å². The summed E-state index contributed by atoms with van der Waals surface area (Å²) in [6.07, 6.45) is 0.645. The Morgan fingerprint density at radius 1 is 1.29 bits per heavy atom. The summed E-state index contributed by atoms with van der Waals surface area (Å²) in [6, 6.07) is 0. The Bertz CT molecular complexity index is 521. The van der Waals surface area contributed by atoms with Crippen molar-refractivity contribution in [1.82, 2.24) is 9.78 Å². The Morgan fingerprint density at radius 2 is 2.00 bits per heavy atom. The highest BCUT2D eigenvalue weighted by molar-refractivity contribution is 7.91. The number of anilines is 2. The van der Waals surface area contributed by atoms with Gasteiger partial charge >= 0.3 is 0 Å². The maximum Gasteiger partial charge on any atom is 0.152 e. The summed E-state index contributed by atoms with van der Waals surface area (Å²) >= 11 is 0. The smallest absolute Gasteiger partial charge is 0.152 e. The molecule has 0 aromatic carbocycles. The Kier molecular flexibility index (Phi) is 3.03. The van der Waals surface area contributed by atoms with Gasteiger partial charge in [-0.25, -0.2) is 8.42 Å². The maximum absolute atomic E-state index is 11.5. The SMILES string of the molecule is Cc1nn(C)c(N2CCCS(=O)(=O)CC2)c1N. The molecule has 1 aromatic heterocycles.